The molecule has 1 saturated heterocycles. The number of pyridine rings is 1. The Bertz CT molecular complexity index is 2890. The molecule has 1 aliphatic heterocycles. The first-order valence-electron chi connectivity index (χ1n) is 26.3. The van der Waals surface area contributed by atoms with Crippen LogP contribution in [-0.2, 0) is 28.6 Å². The number of allylic oxidation sites excluding steroid dienone is 1. The maximum absolute atomic E-state index is 13.9. The van der Waals surface area contributed by atoms with E-state index < -0.39 is 12.1 Å². The van der Waals surface area contributed by atoms with E-state index in [4.69, 9.17) is 18.9 Å². The smallest absolute Gasteiger partial charge is 0.252 e. The Morgan fingerprint density at radius 3 is 2.20 bits per heavy atom. The van der Waals surface area contributed by atoms with Crippen LogP contribution in [0.15, 0.2) is 128 Å². The number of likely N-dealkylation sites (N-methyl/N-ethyl adjacent to an activating group) is 2. The van der Waals surface area contributed by atoms with Crippen LogP contribution in [0.2, 0.25) is 0 Å². The van der Waals surface area contributed by atoms with Crippen LogP contribution < -0.4 is 20.7 Å². The molecule has 7 rings (SSSR count). The minimum atomic E-state index is -0.648. The van der Waals surface area contributed by atoms with Crippen LogP contribution >= 0.6 is 0 Å². The van der Waals surface area contributed by atoms with Gasteiger partial charge in [0.15, 0.2) is 0 Å². The van der Waals surface area contributed by atoms with Gasteiger partial charge in [0.25, 0.3) is 5.91 Å². The number of carbonyl (C=O) groups excluding carboxylic acids is 4. The Balaban J connectivity index is 0.782. The van der Waals surface area contributed by atoms with Gasteiger partial charge in [-0.15, -0.1) is 0 Å². The van der Waals surface area contributed by atoms with Crippen molar-refractivity contribution in [1.82, 2.24) is 35.3 Å². The molecule has 76 heavy (non-hydrogen) atoms. The first kappa shape index (κ1) is 56.4. The number of carbonyl (C=O) groups is 4. The number of fused-ring (bicyclic) bond motifs is 1. The highest BCUT2D eigenvalue weighted by atomic mass is 16.5. The van der Waals surface area contributed by atoms with E-state index in [1.165, 1.54) is 5.57 Å². The lowest BCUT2D eigenvalue weighted by molar-refractivity contribution is -0.138. The van der Waals surface area contributed by atoms with Gasteiger partial charge in [0.1, 0.15) is 30.8 Å². The molecule has 16 nitrogen and oxygen atoms in total. The van der Waals surface area contributed by atoms with Gasteiger partial charge in [-0.1, -0.05) is 81.4 Å². The monoisotopic (exact) mass is 1040 g/mol. The molecule has 1 aliphatic rings. The van der Waals surface area contributed by atoms with E-state index in [1.54, 1.807) is 56.5 Å². The largest absolute Gasteiger partial charge is 0.508 e. The van der Waals surface area contributed by atoms with Crippen LogP contribution in [0.5, 0.6) is 11.5 Å². The summed E-state index contributed by atoms with van der Waals surface area (Å²) >= 11 is 0. The average Bonchev–Trinajstić information content (AvgIpc) is 4.13. The quantitative estimate of drug-likeness (QED) is 0.0291. The molecular formula is C60H73N7O9. The highest BCUT2D eigenvalue weighted by Crippen LogP contribution is 2.37. The number of likely N-dealkylation sites (tertiary alicyclic amines) is 1. The zero-order valence-electron chi connectivity index (χ0n) is 44.6. The van der Waals surface area contributed by atoms with Crippen molar-refractivity contribution in [1.29, 1.82) is 0 Å². The van der Waals surface area contributed by atoms with Crippen LogP contribution in [-0.4, -0.2) is 140 Å². The number of aromatic nitrogens is 2. The number of benzene rings is 4. The predicted octanol–water partition coefficient (Wildman–Crippen LogP) is 7.83. The number of hydrogen-bond donors (Lipinski definition) is 4. The average molecular weight is 1040 g/mol. The van der Waals surface area contributed by atoms with Crippen LogP contribution in [0.25, 0.3) is 27.7 Å². The summed E-state index contributed by atoms with van der Waals surface area (Å²) in [6, 6.07) is 33.8. The van der Waals surface area contributed by atoms with Crippen molar-refractivity contribution < 1.29 is 43.2 Å². The summed E-state index contributed by atoms with van der Waals surface area (Å²) in [4.78, 5) is 60.8. The molecule has 4 aromatic carbocycles. The summed E-state index contributed by atoms with van der Waals surface area (Å²) in [5.74, 6) is 0.115. The Labute approximate surface area is 446 Å². The summed E-state index contributed by atoms with van der Waals surface area (Å²) in [7, 11) is 3.43. The second-order valence-electron chi connectivity index (χ2n) is 19.2. The lowest BCUT2D eigenvalue weighted by atomic mass is 9.88. The predicted molar refractivity (Wildman–Crippen MR) is 295 cm³/mol. The van der Waals surface area contributed by atoms with E-state index >= 15 is 0 Å². The maximum Gasteiger partial charge on any atom is 0.252 e. The normalized spacial score (nSPS) is 14.6. The summed E-state index contributed by atoms with van der Waals surface area (Å²) in [6.07, 6.45) is 7.93. The molecule has 6 aromatic rings. The van der Waals surface area contributed by atoms with E-state index in [0.29, 0.717) is 64.0 Å². The van der Waals surface area contributed by atoms with Crippen molar-refractivity contribution in [3.05, 3.63) is 156 Å². The first-order chi connectivity index (χ1) is 36.9. The second-order valence-corrected chi connectivity index (χ2v) is 19.2. The number of phenolic OH excluding ortho intramolecular Hbond substituents is 1. The van der Waals surface area contributed by atoms with Crippen molar-refractivity contribution in [2.45, 2.75) is 65.1 Å². The summed E-state index contributed by atoms with van der Waals surface area (Å²) in [5, 5.41) is 19.6. The molecule has 0 aliphatic carbocycles. The first-order valence-corrected chi connectivity index (χ1v) is 26.3. The molecule has 3 heterocycles. The van der Waals surface area contributed by atoms with Gasteiger partial charge in [0, 0.05) is 43.5 Å². The molecule has 0 unspecified atom stereocenters. The molecule has 402 valence electrons. The van der Waals surface area contributed by atoms with Crippen LogP contribution in [0.1, 0.15) is 85.6 Å². The number of amides is 4. The molecule has 16 heteroatoms. The number of aromatic hydroxyl groups is 1. The molecule has 0 bridgehead atoms. The standard InChI is InChI=1S/C60H73N7O9/c1-7-50(43-13-9-8-10-14-43)56(44-18-22-48(68)23-19-44)45-20-24-49(25-21-45)76-32-30-65(6)55(69)40-75-36-35-74-34-33-73-31-27-63-59(71)52-15-11-16-54-51(52)26-29-66(54)47-37-46(38-62-39-47)53-17-12-28-67(53)60(72)57(41(2)3)64-58(70)42(4)61-5/h8-11,13-16,18-26,29,37-39,41-42,53,57,61,68H,7,12,17,27-28,30-36,40H2,1-6H3,(H,63,71)(H,64,70)/b56-50-/t42-,53-,57-/m0/s1. The third kappa shape index (κ3) is 14.7. The Kier molecular flexibility index (Phi) is 20.7. The van der Waals surface area contributed by atoms with Crippen molar-refractivity contribution in [2.75, 3.05) is 80.0 Å². The van der Waals surface area contributed by atoms with Crippen LogP contribution in [0.3, 0.4) is 0 Å². The molecule has 4 amide bonds. The zero-order valence-corrected chi connectivity index (χ0v) is 44.6. The van der Waals surface area contributed by atoms with E-state index in [9.17, 15) is 24.3 Å². The van der Waals surface area contributed by atoms with Gasteiger partial charge in [-0.05, 0) is 121 Å². The number of nitrogens with one attached hydrogen (secondary N) is 3. The molecule has 3 atom stereocenters. The van der Waals surface area contributed by atoms with E-state index in [-0.39, 0.29) is 54.6 Å². The van der Waals surface area contributed by atoms with E-state index in [2.05, 4.69) is 40.0 Å². The Morgan fingerprint density at radius 2 is 1.50 bits per heavy atom. The minimum Gasteiger partial charge on any atom is -0.508 e. The van der Waals surface area contributed by atoms with Gasteiger partial charge < -0.3 is 54.4 Å². The molecule has 2 aromatic heterocycles. The summed E-state index contributed by atoms with van der Waals surface area (Å²) in [6.45, 7) is 10.8. The van der Waals surface area contributed by atoms with E-state index in [1.807, 2.05) is 108 Å². The fraction of sp³-hybridized carbons (Fsp3) is 0.383. The third-order valence-electron chi connectivity index (χ3n) is 13.7. The molecule has 0 radical (unpaired) electrons. The number of ether oxygens (including phenoxy) is 4. The third-order valence-corrected chi connectivity index (χ3v) is 13.7. The Morgan fingerprint density at radius 1 is 0.803 bits per heavy atom. The SMILES string of the molecule is CC/C(=C(\c1ccc(O)cc1)c1ccc(OCCN(C)C(=O)COCCOCCOCCNC(=O)c2cccc3c2ccn3-c2cncc([C@@H]3CCCN3C(=O)[C@@H](NC(=O)[C@H](C)NC)C(C)C)c2)cc1)c1ccccc1. The molecule has 0 spiro atoms. The van der Waals surface area contributed by atoms with Crippen LogP contribution in [0, 0.1) is 5.92 Å². The Hall–Kier alpha value is -7.37. The summed E-state index contributed by atoms with van der Waals surface area (Å²) in [5.41, 5.74) is 8.56. The molecule has 1 fully saturated rings. The highest BCUT2D eigenvalue weighted by Gasteiger charge is 2.37. The number of nitrogens with zero attached hydrogens (tertiary/aromatic N) is 4. The van der Waals surface area contributed by atoms with Gasteiger partial charge in [-0.3, -0.25) is 24.2 Å². The van der Waals surface area contributed by atoms with Crippen molar-refractivity contribution in [3.63, 3.8) is 0 Å². The fourth-order valence-electron chi connectivity index (χ4n) is 9.32. The van der Waals surface area contributed by atoms with Crippen LogP contribution in [0.4, 0.5) is 0 Å². The number of rotatable bonds is 27. The maximum atomic E-state index is 13.9. The van der Waals surface area contributed by atoms with Gasteiger partial charge in [0.05, 0.1) is 69.1 Å². The second kappa shape index (κ2) is 28.0. The van der Waals surface area contributed by atoms with Crippen molar-refractivity contribution in [3.8, 4) is 17.2 Å². The number of phenols is 1. The molecule has 4 N–H and O–H groups in total. The van der Waals surface area contributed by atoms with Crippen molar-refractivity contribution in [2.24, 2.45) is 5.92 Å². The number of hydrogen-bond acceptors (Lipinski definition) is 11. The fourth-order valence-corrected chi connectivity index (χ4v) is 9.32. The van der Waals surface area contributed by atoms with Gasteiger partial charge in [0.2, 0.25) is 17.7 Å². The molecular weight excluding hydrogens is 963 g/mol. The lowest BCUT2D eigenvalue weighted by Crippen LogP contribution is -2.54. The van der Waals surface area contributed by atoms with Gasteiger partial charge in [-0.2, -0.15) is 0 Å². The molecule has 0 saturated carbocycles. The highest BCUT2D eigenvalue weighted by molar-refractivity contribution is 6.07. The summed E-state index contributed by atoms with van der Waals surface area (Å²) < 4.78 is 24.9. The van der Waals surface area contributed by atoms with Gasteiger partial charge >= 0.3 is 0 Å². The topological polar surface area (TPSA) is 186 Å². The van der Waals surface area contributed by atoms with E-state index in [0.717, 1.165) is 63.7 Å². The minimum absolute atomic E-state index is 0.0795. The lowest BCUT2D eigenvalue weighted by Gasteiger charge is -2.32. The van der Waals surface area contributed by atoms with Gasteiger partial charge in [-0.25, -0.2) is 0 Å². The van der Waals surface area contributed by atoms with Crippen molar-refractivity contribution >= 4 is 45.7 Å². The zero-order chi connectivity index (χ0) is 54.0.